The minimum absolute atomic E-state index is 0.124. The van der Waals surface area contributed by atoms with Gasteiger partial charge in [-0.2, -0.15) is 8.78 Å². The maximum absolute atomic E-state index is 12.4. The van der Waals surface area contributed by atoms with Crippen LogP contribution < -0.4 is 4.74 Å². The van der Waals surface area contributed by atoms with Crippen LogP contribution in [-0.4, -0.2) is 35.7 Å². The number of ether oxygens (including phenoxy) is 1. The fourth-order valence-electron chi connectivity index (χ4n) is 2.79. The van der Waals surface area contributed by atoms with Crippen molar-refractivity contribution < 1.29 is 23.4 Å². The number of hydrogen-bond acceptors (Lipinski definition) is 3. The van der Waals surface area contributed by atoms with Crippen molar-refractivity contribution in [2.45, 2.75) is 32.4 Å². The molecule has 0 saturated carbocycles. The van der Waals surface area contributed by atoms with E-state index in [-0.39, 0.29) is 18.1 Å². The van der Waals surface area contributed by atoms with Gasteiger partial charge in [-0.15, -0.1) is 0 Å². The molecule has 1 aliphatic rings. The summed E-state index contributed by atoms with van der Waals surface area (Å²) in [5, 5.41) is 8.86. The quantitative estimate of drug-likeness (QED) is 0.877. The molecule has 0 radical (unpaired) electrons. The molecule has 1 aromatic carbocycles. The highest BCUT2D eigenvalue weighted by molar-refractivity contribution is 5.67. The van der Waals surface area contributed by atoms with Gasteiger partial charge in [-0.3, -0.25) is 9.69 Å². The van der Waals surface area contributed by atoms with E-state index >= 15 is 0 Å². The molecule has 0 aromatic heterocycles. The van der Waals surface area contributed by atoms with E-state index < -0.39 is 12.6 Å². The molecular weight excluding hydrogens is 280 g/mol. The standard InChI is InChI=1S/C15H19F2NO3/c16-15(17)21-13-6-2-1-5-12(13)10-18-7-3-4-11(9-18)8-14(19)20/h1-2,5-6,11,15H,3-4,7-10H2,(H,19,20). The second-order valence-corrected chi connectivity index (χ2v) is 5.33. The summed E-state index contributed by atoms with van der Waals surface area (Å²) < 4.78 is 29.3. The van der Waals surface area contributed by atoms with E-state index in [4.69, 9.17) is 5.11 Å². The van der Waals surface area contributed by atoms with Gasteiger partial charge in [-0.05, 0) is 31.4 Å². The first-order chi connectivity index (χ1) is 10.0. The van der Waals surface area contributed by atoms with Crippen molar-refractivity contribution in [1.29, 1.82) is 0 Å². The van der Waals surface area contributed by atoms with Crippen LogP contribution >= 0.6 is 0 Å². The monoisotopic (exact) mass is 299 g/mol. The number of carboxylic acids is 1. The predicted octanol–water partition coefficient (Wildman–Crippen LogP) is 2.97. The number of para-hydroxylation sites is 1. The molecule has 4 nitrogen and oxygen atoms in total. The Morgan fingerprint density at radius 2 is 2.19 bits per heavy atom. The third-order valence-electron chi connectivity index (χ3n) is 3.65. The highest BCUT2D eigenvalue weighted by atomic mass is 19.3. The highest BCUT2D eigenvalue weighted by Gasteiger charge is 2.23. The molecular formula is C15H19F2NO3. The van der Waals surface area contributed by atoms with Gasteiger partial charge >= 0.3 is 12.6 Å². The smallest absolute Gasteiger partial charge is 0.387 e. The van der Waals surface area contributed by atoms with Gasteiger partial charge in [0.2, 0.25) is 0 Å². The molecule has 1 fully saturated rings. The molecule has 1 aromatic rings. The van der Waals surface area contributed by atoms with Gasteiger partial charge in [0.1, 0.15) is 5.75 Å². The SMILES string of the molecule is O=C(O)CC1CCCN(Cc2ccccc2OC(F)F)C1. The van der Waals surface area contributed by atoms with Crippen LogP contribution in [0.4, 0.5) is 8.78 Å². The maximum atomic E-state index is 12.4. The van der Waals surface area contributed by atoms with Crippen LogP contribution in [0.3, 0.4) is 0 Å². The number of aliphatic carboxylic acids is 1. The summed E-state index contributed by atoms with van der Waals surface area (Å²) in [7, 11) is 0. The molecule has 1 atom stereocenters. The average Bonchev–Trinajstić information content (AvgIpc) is 2.40. The summed E-state index contributed by atoms with van der Waals surface area (Å²) in [5.41, 5.74) is 0.703. The van der Waals surface area contributed by atoms with Gasteiger partial charge in [0.15, 0.2) is 0 Å². The van der Waals surface area contributed by atoms with Crippen LogP contribution in [0.25, 0.3) is 0 Å². The number of nitrogens with zero attached hydrogens (tertiary/aromatic N) is 1. The Hall–Kier alpha value is -1.69. The van der Waals surface area contributed by atoms with E-state index in [1.807, 2.05) is 0 Å². The second-order valence-electron chi connectivity index (χ2n) is 5.33. The summed E-state index contributed by atoms with van der Waals surface area (Å²) >= 11 is 0. The number of halogens is 2. The zero-order chi connectivity index (χ0) is 15.2. The van der Waals surface area contributed by atoms with Crippen molar-refractivity contribution in [2.75, 3.05) is 13.1 Å². The van der Waals surface area contributed by atoms with Crippen LogP contribution in [0.2, 0.25) is 0 Å². The van der Waals surface area contributed by atoms with Gasteiger partial charge in [0.05, 0.1) is 0 Å². The first kappa shape index (κ1) is 15.7. The summed E-state index contributed by atoms with van der Waals surface area (Å²) in [5.74, 6) is -0.476. The van der Waals surface area contributed by atoms with E-state index in [1.165, 1.54) is 6.07 Å². The lowest BCUT2D eigenvalue weighted by atomic mass is 9.94. The molecule has 0 spiro atoms. The van der Waals surface area contributed by atoms with E-state index in [0.717, 1.165) is 19.4 Å². The van der Waals surface area contributed by atoms with E-state index in [1.54, 1.807) is 18.2 Å². The molecule has 2 rings (SSSR count). The minimum atomic E-state index is -2.84. The van der Waals surface area contributed by atoms with Crippen molar-refractivity contribution >= 4 is 5.97 Å². The molecule has 116 valence electrons. The Morgan fingerprint density at radius 1 is 1.43 bits per heavy atom. The molecule has 0 amide bonds. The Kier molecular flexibility index (Phi) is 5.50. The van der Waals surface area contributed by atoms with Gasteiger partial charge in [-0.25, -0.2) is 0 Å². The topological polar surface area (TPSA) is 49.8 Å². The van der Waals surface area contributed by atoms with E-state index in [9.17, 15) is 13.6 Å². The first-order valence-corrected chi connectivity index (χ1v) is 7.01. The van der Waals surface area contributed by atoms with Crippen molar-refractivity contribution in [3.63, 3.8) is 0 Å². The van der Waals surface area contributed by atoms with E-state index in [2.05, 4.69) is 9.64 Å². The van der Waals surface area contributed by atoms with Crippen LogP contribution in [0, 0.1) is 5.92 Å². The van der Waals surface area contributed by atoms with Crippen molar-refractivity contribution in [3.8, 4) is 5.75 Å². The zero-order valence-electron chi connectivity index (χ0n) is 11.7. The molecule has 1 aliphatic heterocycles. The number of alkyl halides is 2. The number of benzene rings is 1. The fourth-order valence-corrected chi connectivity index (χ4v) is 2.79. The number of carboxylic acid groups (broad SMARTS) is 1. The van der Waals surface area contributed by atoms with Gasteiger partial charge in [0.25, 0.3) is 0 Å². The minimum Gasteiger partial charge on any atom is -0.481 e. The van der Waals surface area contributed by atoms with Crippen molar-refractivity contribution in [2.24, 2.45) is 5.92 Å². The molecule has 6 heteroatoms. The summed E-state index contributed by atoms with van der Waals surface area (Å²) in [4.78, 5) is 12.9. The molecule has 0 aliphatic carbocycles. The fraction of sp³-hybridized carbons (Fsp3) is 0.533. The van der Waals surface area contributed by atoms with Crippen molar-refractivity contribution in [3.05, 3.63) is 29.8 Å². The Labute approximate surface area is 122 Å². The lowest BCUT2D eigenvalue weighted by Gasteiger charge is -2.32. The lowest BCUT2D eigenvalue weighted by Crippen LogP contribution is -2.35. The third kappa shape index (κ3) is 4.97. The number of carbonyl (C=O) groups is 1. The van der Waals surface area contributed by atoms with Crippen LogP contribution in [0.1, 0.15) is 24.8 Å². The first-order valence-electron chi connectivity index (χ1n) is 7.01. The average molecular weight is 299 g/mol. The lowest BCUT2D eigenvalue weighted by molar-refractivity contribution is -0.138. The Bertz CT molecular complexity index is 482. The van der Waals surface area contributed by atoms with Crippen LogP contribution in [-0.2, 0) is 11.3 Å². The van der Waals surface area contributed by atoms with Crippen LogP contribution in [0.5, 0.6) is 5.75 Å². The molecule has 1 saturated heterocycles. The predicted molar refractivity (Wildman–Crippen MR) is 73.3 cm³/mol. The molecule has 1 N–H and O–H groups in total. The number of rotatable bonds is 6. The number of hydrogen-bond donors (Lipinski definition) is 1. The van der Waals surface area contributed by atoms with Gasteiger partial charge < -0.3 is 9.84 Å². The number of likely N-dealkylation sites (tertiary alicyclic amines) is 1. The van der Waals surface area contributed by atoms with Gasteiger partial charge in [-0.1, -0.05) is 18.2 Å². The maximum Gasteiger partial charge on any atom is 0.387 e. The van der Waals surface area contributed by atoms with Gasteiger partial charge in [0, 0.05) is 25.1 Å². The summed E-state index contributed by atoms with van der Waals surface area (Å²) in [6.45, 7) is -0.819. The molecule has 1 heterocycles. The van der Waals surface area contributed by atoms with Crippen molar-refractivity contribution in [1.82, 2.24) is 4.90 Å². The highest BCUT2D eigenvalue weighted by Crippen LogP contribution is 2.25. The van der Waals surface area contributed by atoms with Crippen LogP contribution in [0.15, 0.2) is 24.3 Å². The Morgan fingerprint density at radius 3 is 2.90 bits per heavy atom. The molecule has 21 heavy (non-hydrogen) atoms. The zero-order valence-corrected chi connectivity index (χ0v) is 11.7. The second kappa shape index (κ2) is 7.36. The molecule has 0 bridgehead atoms. The largest absolute Gasteiger partial charge is 0.481 e. The molecule has 1 unspecified atom stereocenters. The third-order valence-corrected chi connectivity index (χ3v) is 3.65. The summed E-state index contributed by atoms with van der Waals surface area (Å²) in [6.07, 6.45) is 1.99. The summed E-state index contributed by atoms with van der Waals surface area (Å²) in [6, 6.07) is 6.73. The van der Waals surface area contributed by atoms with E-state index in [0.29, 0.717) is 18.7 Å². The Balaban J connectivity index is 1.99. The normalized spacial score (nSPS) is 19.7. The number of piperidine rings is 1.